The maximum atomic E-state index is 12.2. The van der Waals surface area contributed by atoms with E-state index in [1.54, 1.807) is 0 Å². The van der Waals surface area contributed by atoms with E-state index in [9.17, 15) is 10.1 Å². The lowest BCUT2D eigenvalue weighted by Gasteiger charge is -2.18. The van der Waals surface area contributed by atoms with Crippen molar-refractivity contribution in [2.24, 2.45) is 0 Å². The molecule has 23 heavy (non-hydrogen) atoms. The number of hydrogen-bond acceptors (Lipinski definition) is 5. The SMILES string of the molecule is N#CC(Cc1ccc2c(c1)OCC2)NC(=O)[C@@H]1CNCCCO1. The molecule has 3 rings (SSSR count). The summed E-state index contributed by atoms with van der Waals surface area (Å²) in [6.07, 6.45) is 1.75. The molecular formula is C17H21N3O3. The molecule has 6 nitrogen and oxygen atoms in total. The standard InChI is InChI=1S/C17H21N3O3/c18-10-14(20-17(21)16-11-19-5-1-6-22-16)8-12-2-3-13-4-7-23-15(13)9-12/h2-3,9,14,16,19H,1,4-8,11H2,(H,20,21)/t14?,16-/m0/s1. The molecule has 2 atom stereocenters. The fourth-order valence-corrected chi connectivity index (χ4v) is 2.85. The number of hydrogen-bond donors (Lipinski definition) is 2. The Bertz CT molecular complexity index is 604. The molecule has 0 aromatic heterocycles. The Morgan fingerprint density at radius 2 is 2.39 bits per heavy atom. The van der Waals surface area contributed by atoms with Gasteiger partial charge in [0, 0.05) is 26.0 Å². The van der Waals surface area contributed by atoms with Crippen molar-refractivity contribution in [3.05, 3.63) is 29.3 Å². The third-order valence-electron chi connectivity index (χ3n) is 4.11. The van der Waals surface area contributed by atoms with Crippen molar-refractivity contribution < 1.29 is 14.3 Å². The van der Waals surface area contributed by atoms with Gasteiger partial charge in [0.15, 0.2) is 0 Å². The summed E-state index contributed by atoms with van der Waals surface area (Å²) in [7, 11) is 0. The molecule has 122 valence electrons. The van der Waals surface area contributed by atoms with E-state index in [1.807, 2.05) is 18.2 Å². The van der Waals surface area contributed by atoms with E-state index in [2.05, 4.69) is 16.7 Å². The number of nitrogens with one attached hydrogen (secondary N) is 2. The number of carbonyl (C=O) groups is 1. The zero-order valence-corrected chi connectivity index (χ0v) is 13.0. The first-order valence-corrected chi connectivity index (χ1v) is 8.03. The molecule has 0 spiro atoms. The number of nitrogens with zero attached hydrogens (tertiary/aromatic N) is 1. The summed E-state index contributed by atoms with van der Waals surface area (Å²) in [6, 6.07) is 7.57. The molecule has 0 saturated carbocycles. The Balaban J connectivity index is 1.59. The highest BCUT2D eigenvalue weighted by molar-refractivity contribution is 5.81. The molecular weight excluding hydrogens is 294 g/mol. The lowest BCUT2D eigenvalue weighted by molar-refractivity contribution is -0.132. The number of amides is 1. The predicted octanol–water partition coefficient (Wildman–Crippen LogP) is 0.551. The largest absolute Gasteiger partial charge is 0.493 e. The molecule has 2 aliphatic rings. The second-order valence-corrected chi connectivity index (χ2v) is 5.85. The van der Waals surface area contributed by atoms with Crippen LogP contribution < -0.4 is 15.4 Å². The molecule has 1 amide bonds. The molecule has 2 heterocycles. The van der Waals surface area contributed by atoms with Crippen molar-refractivity contribution in [1.82, 2.24) is 10.6 Å². The van der Waals surface area contributed by atoms with Crippen LogP contribution in [0.3, 0.4) is 0 Å². The quantitative estimate of drug-likeness (QED) is 0.848. The zero-order chi connectivity index (χ0) is 16.1. The van der Waals surface area contributed by atoms with Gasteiger partial charge in [0.2, 0.25) is 0 Å². The summed E-state index contributed by atoms with van der Waals surface area (Å²) >= 11 is 0. The van der Waals surface area contributed by atoms with E-state index in [-0.39, 0.29) is 5.91 Å². The van der Waals surface area contributed by atoms with E-state index >= 15 is 0 Å². The van der Waals surface area contributed by atoms with Gasteiger partial charge in [-0.2, -0.15) is 5.26 Å². The van der Waals surface area contributed by atoms with Gasteiger partial charge in [-0.25, -0.2) is 0 Å². The Hall–Kier alpha value is -2.10. The minimum Gasteiger partial charge on any atom is -0.493 e. The topological polar surface area (TPSA) is 83.4 Å². The number of nitriles is 1. The van der Waals surface area contributed by atoms with Crippen LogP contribution in [-0.2, 0) is 22.4 Å². The van der Waals surface area contributed by atoms with Gasteiger partial charge in [-0.15, -0.1) is 0 Å². The lowest BCUT2D eigenvalue weighted by atomic mass is 10.0. The van der Waals surface area contributed by atoms with Crippen LogP contribution in [0.5, 0.6) is 5.75 Å². The summed E-state index contributed by atoms with van der Waals surface area (Å²) in [5.74, 6) is 0.658. The number of benzene rings is 1. The van der Waals surface area contributed by atoms with Crippen molar-refractivity contribution >= 4 is 5.91 Å². The van der Waals surface area contributed by atoms with E-state index < -0.39 is 12.1 Å². The van der Waals surface area contributed by atoms with Crippen molar-refractivity contribution in [2.45, 2.75) is 31.4 Å². The van der Waals surface area contributed by atoms with Gasteiger partial charge in [-0.3, -0.25) is 4.79 Å². The third kappa shape index (κ3) is 4.01. The average Bonchev–Trinajstić information content (AvgIpc) is 2.85. The lowest BCUT2D eigenvalue weighted by Crippen LogP contribution is -2.46. The predicted molar refractivity (Wildman–Crippen MR) is 84.1 cm³/mol. The minimum atomic E-state index is -0.575. The first-order chi connectivity index (χ1) is 11.3. The summed E-state index contributed by atoms with van der Waals surface area (Å²) in [4.78, 5) is 12.2. The average molecular weight is 315 g/mol. The van der Waals surface area contributed by atoms with Gasteiger partial charge in [0.05, 0.1) is 12.7 Å². The second-order valence-electron chi connectivity index (χ2n) is 5.85. The van der Waals surface area contributed by atoms with Crippen molar-refractivity contribution in [3.8, 4) is 11.8 Å². The van der Waals surface area contributed by atoms with Crippen LogP contribution in [-0.4, -0.2) is 44.4 Å². The van der Waals surface area contributed by atoms with Crippen LogP contribution >= 0.6 is 0 Å². The van der Waals surface area contributed by atoms with Gasteiger partial charge < -0.3 is 20.1 Å². The number of carbonyl (C=O) groups excluding carboxylic acids is 1. The van der Waals surface area contributed by atoms with Gasteiger partial charge in [-0.1, -0.05) is 12.1 Å². The van der Waals surface area contributed by atoms with Crippen LogP contribution in [0, 0.1) is 11.3 Å². The summed E-state index contributed by atoms with van der Waals surface area (Å²) in [6.45, 7) is 2.60. The molecule has 0 bridgehead atoms. The Labute approximate surface area is 135 Å². The maximum absolute atomic E-state index is 12.2. The van der Waals surface area contributed by atoms with Crippen LogP contribution in [0.4, 0.5) is 0 Å². The molecule has 1 aromatic rings. The highest BCUT2D eigenvalue weighted by Gasteiger charge is 2.23. The van der Waals surface area contributed by atoms with Crippen LogP contribution in [0.25, 0.3) is 0 Å². The fourth-order valence-electron chi connectivity index (χ4n) is 2.85. The van der Waals surface area contributed by atoms with Crippen molar-refractivity contribution in [1.29, 1.82) is 5.26 Å². The van der Waals surface area contributed by atoms with E-state index in [4.69, 9.17) is 9.47 Å². The second kappa shape index (κ2) is 7.44. The first kappa shape index (κ1) is 15.8. The molecule has 0 aliphatic carbocycles. The molecule has 1 fully saturated rings. The highest BCUT2D eigenvalue weighted by atomic mass is 16.5. The Morgan fingerprint density at radius 3 is 3.26 bits per heavy atom. The molecule has 6 heteroatoms. The molecule has 1 saturated heterocycles. The number of fused-ring (bicyclic) bond motifs is 1. The van der Waals surface area contributed by atoms with Gasteiger partial charge in [0.1, 0.15) is 17.9 Å². The molecule has 2 N–H and O–H groups in total. The third-order valence-corrected chi connectivity index (χ3v) is 4.11. The minimum absolute atomic E-state index is 0.233. The highest BCUT2D eigenvalue weighted by Crippen LogP contribution is 2.26. The van der Waals surface area contributed by atoms with E-state index in [0.29, 0.717) is 26.2 Å². The molecule has 1 unspecified atom stereocenters. The molecule has 1 aromatic carbocycles. The van der Waals surface area contributed by atoms with Gasteiger partial charge in [0.25, 0.3) is 5.91 Å². The van der Waals surface area contributed by atoms with E-state index in [1.165, 1.54) is 5.56 Å². The summed E-state index contributed by atoms with van der Waals surface area (Å²) < 4.78 is 11.1. The summed E-state index contributed by atoms with van der Waals surface area (Å²) in [5, 5.41) is 15.3. The van der Waals surface area contributed by atoms with Crippen LogP contribution in [0.2, 0.25) is 0 Å². The Morgan fingerprint density at radius 1 is 1.48 bits per heavy atom. The number of rotatable bonds is 4. The van der Waals surface area contributed by atoms with E-state index in [0.717, 1.165) is 30.7 Å². The first-order valence-electron chi connectivity index (χ1n) is 8.03. The van der Waals surface area contributed by atoms with Gasteiger partial charge in [-0.05, 0) is 30.2 Å². The number of ether oxygens (including phenoxy) is 2. The van der Waals surface area contributed by atoms with Gasteiger partial charge >= 0.3 is 0 Å². The summed E-state index contributed by atoms with van der Waals surface area (Å²) in [5.41, 5.74) is 2.18. The maximum Gasteiger partial charge on any atom is 0.251 e. The smallest absolute Gasteiger partial charge is 0.251 e. The van der Waals surface area contributed by atoms with Crippen LogP contribution in [0.1, 0.15) is 17.5 Å². The zero-order valence-electron chi connectivity index (χ0n) is 13.0. The monoisotopic (exact) mass is 315 g/mol. The molecule has 2 aliphatic heterocycles. The van der Waals surface area contributed by atoms with Crippen molar-refractivity contribution in [2.75, 3.05) is 26.3 Å². The Kier molecular flexibility index (Phi) is 5.11. The fraction of sp³-hybridized carbons (Fsp3) is 0.529. The molecule has 0 radical (unpaired) electrons. The van der Waals surface area contributed by atoms with Crippen molar-refractivity contribution in [3.63, 3.8) is 0 Å². The van der Waals surface area contributed by atoms with Crippen LogP contribution in [0.15, 0.2) is 18.2 Å². The normalized spacial score (nSPS) is 21.4.